The van der Waals surface area contributed by atoms with Crippen LogP contribution in [0.3, 0.4) is 0 Å². The first-order valence-electron chi connectivity index (χ1n) is 6.90. The number of β-amino-alcohol motifs (C(OH)–C–C–N with tert-alkyl or cyclic N) is 1. The van der Waals surface area contributed by atoms with Gasteiger partial charge in [0.15, 0.2) is 0 Å². The van der Waals surface area contributed by atoms with Crippen LogP contribution < -0.4 is 5.73 Å². The summed E-state index contributed by atoms with van der Waals surface area (Å²) < 4.78 is 0. The molecule has 3 nitrogen and oxygen atoms in total. The quantitative estimate of drug-likeness (QED) is 0.829. The largest absolute Gasteiger partial charge is 0.389 e. The Bertz CT molecular complexity index is 432. The summed E-state index contributed by atoms with van der Waals surface area (Å²) in [6.45, 7) is 4.03. The summed E-state index contributed by atoms with van der Waals surface area (Å²) in [6.07, 6.45) is 3.32. The van der Waals surface area contributed by atoms with Crippen molar-refractivity contribution in [2.75, 3.05) is 13.1 Å². The lowest BCUT2D eigenvalue weighted by Crippen LogP contribution is -2.40. The van der Waals surface area contributed by atoms with Crippen molar-refractivity contribution < 1.29 is 5.11 Å². The first-order chi connectivity index (χ1) is 9.08. The van der Waals surface area contributed by atoms with E-state index in [1.807, 2.05) is 24.3 Å². The predicted octanol–water partition coefficient (Wildman–Crippen LogP) is 2.23. The number of thiocarbonyl (C=S) groups is 1. The number of benzene rings is 1. The topological polar surface area (TPSA) is 49.5 Å². The Balaban J connectivity index is 1.98. The minimum Gasteiger partial charge on any atom is -0.389 e. The Hall–Kier alpha value is -0.970. The summed E-state index contributed by atoms with van der Waals surface area (Å²) in [5.41, 5.74) is 7.34. The molecule has 1 aliphatic rings. The number of aliphatic hydroxyl groups excluding tert-OH is 1. The molecule has 2 rings (SSSR count). The minimum atomic E-state index is -0.444. The van der Waals surface area contributed by atoms with Crippen molar-refractivity contribution in [2.24, 2.45) is 5.73 Å². The smallest absolute Gasteiger partial charge is 0.103 e. The Labute approximate surface area is 120 Å². The molecular formula is C15H22N2OS. The van der Waals surface area contributed by atoms with Gasteiger partial charge in [-0.1, -0.05) is 42.9 Å². The minimum absolute atomic E-state index is 0.394. The van der Waals surface area contributed by atoms with Crippen molar-refractivity contribution in [3.05, 3.63) is 35.4 Å². The molecule has 0 radical (unpaired) electrons. The summed E-state index contributed by atoms with van der Waals surface area (Å²) in [5.74, 6) is 0. The van der Waals surface area contributed by atoms with E-state index in [2.05, 4.69) is 11.8 Å². The van der Waals surface area contributed by atoms with E-state index in [0.717, 1.165) is 17.7 Å². The van der Waals surface area contributed by atoms with Gasteiger partial charge < -0.3 is 10.8 Å². The summed E-state index contributed by atoms with van der Waals surface area (Å²) in [7, 11) is 0. The average molecular weight is 278 g/mol. The molecule has 1 aromatic rings. The first kappa shape index (κ1) is 14.4. The van der Waals surface area contributed by atoms with Crippen LogP contribution in [0.25, 0.3) is 0 Å². The van der Waals surface area contributed by atoms with Crippen LogP contribution in [0.5, 0.6) is 0 Å². The molecule has 104 valence electrons. The number of rotatable bonds is 4. The van der Waals surface area contributed by atoms with Crippen LogP contribution in [0.15, 0.2) is 24.3 Å². The monoisotopic (exact) mass is 278 g/mol. The van der Waals surface area contributed by atoms with Crippen LogP contribution in [0.4, 0.5) is 0 Å². The first-order valence-corrected chi connectivity index (χ1v) is 7.30. The summed E-state index contributed by atoms with van der Waals surface area (Å²) in [5, 5.41) is 10.3. The number of nitrogens with two attached hydrogens (primary N) is 1. The van der Waals surface area contributed by atoms with Crippen LogP contribution in [0, 0.1) is 0 Å². The molecule has 1 aliphatic heterocycles. The van der Waals surface area contributed by atoms with E-state index < -0.39 is 6.10 Å². The molecule has 1 saturated heterocycles. The van der Waals surface area contributed by atoms with Crippen molar-refractivity contribution in [1.29, 1.82) is 0 Å². The normalized spacial score (nSPS) is 22.1. The van der Waals surface area contributed by atoms with Gasteiger partial charge in [0.25, 0.3) is 0 Å². The van der Waals surface area contributed by atoms with E-state index in [1.165, 1.54) is 19.3 Å². The van der Waals surface area contributed by atoms with Crippen molar-refractivity contribution in [3.63, 3.8) is 0 Å². The van der Waals surface area contributed by atoms with Crippen molar-refractivity contribution in [3.8, 4) is 0 Å². The van der Waals surface area contributed by atoms with Gasteiger partial charge in [-0.25, -0.2) is 0 Å². The highest BCUT2D eigenvalue weighted by Crippen LogP contribution is 2.21. The maximum Gasteiger partial charge on any atom is 0.103 e. The van der Waals surface area contributed by atoms with Crippen molar-refractivity contribution >= 4 is 17.2 Å². The molecule has 1 heterocycles. The maximum atomic E-state index is 10.3. The van der Waals surface area contributed by atoms with Gasteiger partial charge in [0.05, 0.1) is 6.10 Å². The molecule has 0 bridgehead atoms. The molecule has 1 aromatic carbocycles. The zero-order chi connectivity index (χ0) is 13.8. The lowest BCUT2D eigenvalue weighted by molar-refractivity contribution is 0.0732. The Kier molecular flexibility index (Phi) is 4.91. The molecule has 2 atom stereocenters. The van der Waals surface area contributed by atoms with Crippen LogP contribution in [0.2, 0.25) is 0 Å². The summed E-state index contributed by atoms with van der Waals surface area (Å²) in [4.78, 5) is 2.76. The second-order valence-electron chi connectivity index (χ2n) is 5.34. The van der Waals surface area contributed by atoms with Gasteiger partial charge in [-0.2, -0.15) is 0 Å². The Morgan fingerprint density at radius 3 is 2.68 bits per heavy atom. The van der Waals surface area contributed by atoms with Crippen molar-refractivity contribution in [2.45, 2.75) is 38.3 Å². The molecular weight excluding hydrogens is 256 g/mol. The number of nitrogens with zero attached hydrogens (tertiary/aromatic N) is 1. The van der Waals surface area contributed by atoms with Gasteiger partial charge in [0.1, 0.15) is 4.99 Å². The van der Waals surface area contributed by atoms with Gasteiger partial charge in [0.2, 0.25) is 0 Å². The standard InChI is InChI=1S/C15H22N2OS/c1-11-4-2-3-9-17(11)10-14(18)12-5-7-13(8-6-12)15(16)19/h5-8,11,14,18H,2-4,9-10H2,1H3,(H2,16,19). The Morgan fingerprint density at radius 2 is 2.11 bits per heavy atom. The number of likely N-dealkylation sites (tertiary alicyclic amines) is 1. The predicted molar refractivity (Wildman–Crippen MR) is 82.2 cm³/mol. The molecule has 0 spiro atoms. The van der Waals surface area contributed by atoms with E-state index in [9.17, 15) is 5.11 Å². The van der Waals surface area contributed by atoms with Crippen LogP contribution in [-0.2, 0) is 0 Å². The fourth-order valence-corrected chi connectivity index (χ4v) is 2.76. The van der Waals surface area contributed by atoms with Crippen LogP contribution in [-0.4, -0.2) is 34.1 Å². The third-order valence-electron chi connectivity index (χ3n) is 3.93. The molecule has 4 heteroatoms. The third-order valence-corrected chi connectivity index (χ3v) is 4.16. The third kappa shape index (κ3) is 3.75. The van der Waals surface area contributed by atoms with Gasteiger partial charge in [0, 0.05) is 18.2 Å². The average Bonchev–Trinajstić information content (AvgIpc) is 2.41. The number of hydrogen-bond acceptors (Lipinski definition) is 3. The van der Waals surface area contributed by atoms with Crippen LogP contribution >= 0.6 is 12.2 Å². The number of piperidine rings is 1. The molecule has 1 fully saturated rings. The van der Waals surface area contributed by atoms with E-state index in [1.54, 1.807) is 0 Å². The van der Waals surface area contributed by atoms with Gasteiger partial charge in [-0.05, 0) is 31.9 Å². The molecule has 19 heavy (non-hydrogen) atoms. The number of aliphatic hydroxyl groups is 1. The van der Waals surface area contributed by atoms with E-state index >= 15 is 0 Å². The highest BCUT2D eigenvalue weighted by molar-refractivity contribution is 7.80. The lowest BCUT2D eigenvalue weighted by Gasteiger charge is -2.34. The highest BCUT2D eigenvalue weighted by atomic mass is 32.1. The van der Waals surface area contributed by atoms with Crippen molar-refractivity contribution in [1.82, 2.24) is 4.90 Å². The van der Waals surface area contributed by atoms with E-state index in [-0.39, 0.29) is 0 Å². The SMILES string of the molecule is CC1CCCCN1CC(O)c1ccc(C(N)=S)cc1. The fraction of sp³-hybridized carbons (Fsp3) is 0.533. The van der Waals surface area contributed by atoms with Crippen LogP contribution in [0.1, 0.15) is 43.4 Å². The molecule has 0 aromatic heterocycles. The van der Waals surface area contributed by atoms with Gasteiger partial charge in [-0.15, -0.1) is 0 Å². The summed E-state index contributed by atoms with van der Waals surface area (Å²) in [6, 6.07) is 8.14. The number of hydrogen-bond donors (Lipinski definition) is 2. The molecule has 3 N–H and O–H groups in total. The zero-order valence-electron chi connectivity index (χ0n) is 11.4. The Morgan fingerprint density at radius 1 is 1.42 bits per heavy atom. The molecule has 0 amide bonds. The van der Waals surface area contributed by atoms with E-state index in [4.69, 9.17) is 18.0 Å². The second-order valence-corrected chi connectivity index (χ2v) is 5.78. The highest BCUT2D eigenvalue weighted by Gasteiger charge is 2.21. The molecule has 0 aliphatic carbocycles. The van der Waals surface area contributed by atoms with Gasteiger partial charge in [-0.3, -0.25) is 4.90 Å². The van der Waals surface area contributed by atoms with E-state index in [0.29, 0.717) is 17.6 Å². The lowest BCUT2D eigenvalue weighted by atomic mass is 10.0. The maximum absolute atomic E-state index is 10.3. The summed E-state index contributed by atoms with van der Waals surface area (Å²) >= 11 is 4.92. The molecule has 2 unspecified atom stereocenters. The fourth-order valence-electron chi connectivity index (χ4n) is 2.63. The molecule has 0 saturated carbocycles. The van der Waals surface area contributed by atoms with Gasteiger partial charge >= 0.3 is 0 Å². The second kappa shape index (κ2) is 6.46. The zero-order valence-corrected chi connectivity index (χ0v) is 12.2.